The number of methoxy groups -OCH3 is 1. The third kappa shape index (κ3) is 5.02. The fourth-order valence-corrected chi connectivity index (χ4v) is 3.53. The molecule has 0 aliphatic heterocycles. The molecule has 3 heteroatoms. The lowest BCUT2D eigenvalue weighted by Crippen LogP contribution is -2.10. The van der Waals surface area contributed by atoms with E-state index in [2.05, 4.69) is 58.9 Å². The molecular weight excluding hydrogens is 346 g/mol. The summed E-state index contributed by atoms with van der Waals surface area (Å²) < 4.78 is 5.33. The summed E-state index contributed by atoms with van der Waals surface area (Å²) in [6.07, 6.45) is 7.86. The molecule has 152 valence electrons. The van der Waals surface area contributed by atoms with Crippen LogP contribution in [0.1, 0.15) is 88.2 Å². The van der Waals surface area contributed by atoms with Crippen molar-refractivity contribution in [1.82, 2.24) is 4.98 Å². The van der Waals surface area contributed by atoms with Crippen LogP contribution < -0.4 is 4.74 Å². The van der Waals surface area contributed by atoms with Gasteiger partial charge < -0.3 is 9.84 Å². The quantitative estimate of drug-likeness (QED) is 0.491. The fourth-order valence-electron chi connectivity index (χ4n) is 3.53. The topological polar surface area (TPSA) is 42.4 Å². The van der Waals surface area contributed by atoms with Crippen LogP contribution in [0.4, 0.5) is 0 Å². The van der Waals surface area contributed by atoms with Gasteiger partial charge in [0.2, 0.25) is 0 Å². The van der Waals surface area contributed by atoms with Crippen LogP contribution in [0.2, 0.25) is 0 Å². The summed E-state index contributed by atoms with van der Waals surface area (Å²) in [5.74, 6) is 1.37. The number of aliphatic hydroxyl groups is 1. The Labute approximate surface area is 170 Å². The van der Waals surface area contributed by atoms with Gasteiger partial charge in [0.15, 0.2) is 0 Å². The molecule has 0 bridgehead atoms. The molecule has 3 nitrogen and oxygen atoms in total. The Balaban J connectivity index is 2.78. The molecule has 0 amide bonds. The molecule has 0 aliphatic rings. The summed E-state index contributed by atoms with van der Waals surface area (Å²) in [5, 5.41) is 10.3. The Morgan fingerprint density at radius 1 is 1.04 bits per heavy atom. The average Bonchev–Trinajstić information content (AvgIpc) is 2.69. The highest BCUT2D eigenvalue weighted by atomic mass is 16.5. The highest BCUT2D eigenvalue weighted by Gasteiger charge is 2.22. The van der Waals surface area contributed by atoms with E-state index in [-0.39, 0.29) is 12.5 Å². The van der Waals surface area contributed by atoms with Crippen LogP contribution in [0.3, 0.4) is 0 Å². The molecule has 0 spiro atoms. The SMILES string of the molecule is CCCC/C=C/c1c(C(C)C)nc(C(C)C)c(CO)c1-c1ccc(OC)cc1. The standard InChI is InChI=1S/C25H35NO2/c1-7-8-9-10-11-21-23(19-12-14-20(28-6)15-13-19)22(16-27)25(18(4)5)26-24(21)17(2)3/h10-15,17-18,27H,7-9,16H2,1-6H3/b11-10+. The molecule has 0 fully saturated rings. The number of aromatic nitrogens is 1. The summed E-state index contributed by atoms with van der Waals surface area (Å²) in [5.41, 5.74) is 6.33. The molecule has 1 N–H and O–H groups in total. The molecule has 0 saturated heterocycles. The highest BCUT2D eigenvalue weighted by Crippen LogP contribution is 2.38. The van der Waals surface area contributed by atoms with Gasteiger partial charge in [-0.25, -0.2) is 0 Å². The van der Waals surface area contributed by atoms with Crippen LogP contribution in [0.25, 0.3) is 17.2 Å². The largest absolute Gasteiger partial charge is 0.497 e. The number of hydrogen-bond acceptors (Lipinski definition) is 3. The maximum absolute atomic E-state index is 10.3. The fraction of sp³-hybridized carbons (Fsp3) is 0.480. The zero-order valence-electron chi connectivity index (χ0n) is 18.2. The number of hydrogen-bond donors (Lipinski definition) is 1. The van der Waals surface area contributed by atoms with Crippen molar-refractivity contribution in [2.75, 3.05) is 7.11 Å². The molecule has 0 aliphatic carbocycles. The van der Waals surface area contributed by atoms with Crippen LogP contribution in [0.5, 0.6) is 5.75 Å². The number of benzene rings is 1. The molecule has 0 atom stereocenters. The van der Waals surface area contributed by atoms with Gasteiger partial charge in [-0.2, -0.15) is 0 Å². The minimum absolute atomic E-state index is 0.0178. The lowest BCUT2D eigenvalue weighted by atomic mass is 9.87. The van der Waals surface area contributed by atoms with Gasteiger partial charge in [0.25, 0.3) is 0 Å². The number of nitrogens with zero attached hydrogens (tertiary/aromatic N) is 1. The van der Waals surface area contributed by atoms with Gasteiger partial charge >= 0.3 is 0 Å². The molecule has 0 unspecified atom stereocenters. The Hall–Kier alpha value is -2.13. The molecular formula is C25H35NO2. The van der Waals surface area contributed by atoms with Crippen molar-refractivity contribution < 1.29 is 9.84 Å². The number of aliphatic hydroxyl groups excluding tert-OH is 1. The highest BCUT2D eigenvalue weighted by molar-refractivity contribution is 5.80. The van der Waals surface area contributed by atoms with Gasteiger partial charge in [0.1, 0.15) is 5.75 Å². The first-order valence-electron chi connectivity index (χ1n) is 10.4. The van der Waals surface area contributed by atoms with E-state index in [0.29, 0.717) is 5.92 Å². The van der Waals surface area contributed by atoms with Crippen LogP contribution >= 0.6 is 0 Å². The van der Waals surface area contributed by atoms with E-state index < -0.39 is 0 Å². The van der Waals surface area contributed by atoms with Crippen molar-refractivity contribution in [2.24, 2.45) is 0 Å². The monoisotopic (exact) mass is 381 g/mol. The molecule has 0 radical (unpaired) electrons. The predicted octanol–water partition coefficient (Wildman–Crippen LogP) is 6.70. The predicted molar refractivity (Wildman–Crippen MR) is 119 cm³/mol. The van der Waals surface area contributed by atoms with E-state index in [9.17, 15) is 5.11 Å². The zero-order valence-corrected chi connectivity index (χ0v) is 18.2. The van der Waals surface area contributed by atoms with Crippen LogP contribution in [0.15, 0.2) is 30.3 Å². The normalized spacial score (nSPS) is 11.8. The van der Waals surface area contributed by atoms with Gasteiger partial charge in [-0.15, -0.1) is 0 Å². The molecule has 1 aromatic heterocycles. The maximum atomic E-state index is 10.3. The van der Waals surface area contributed by atoms with E-state index in [0.717, 1.165) is 45.8 Å². The van der Waals surface area contributed by atoms with Crippen molar-refractivity contribution in [2.45, 2.75) is 72.3 Å². The first-order chi connectivity index (χ1) is 13.4. The van der Waals surface area contributed by atoms with Crippen molar-refractivity contribution in [3.63, 3.8) is 0 Å². The molecule has 1 heterocycles. The first-order valence-corrected chi connectivity index (χ1v) is 10.4. The minimum Gasteiger partial charge on any atom is -0.497 e. The van der Waals surface area contributed by atoms with Crippen molar-refractivity contribution in [3.05, 3.63) is 52.9 Å². The maximum Gasteiger partial charge on any atom is 0.118 e. The number of ether oxygens (including phenoxy) is 1. The Kier molecular flexibility index (Phi) is 8.25. The Bertz CT molecular complexity index is 789. The molecule has 1 aromatic carbocycles. The summed E-state index contributed by atoms with van der Waals surface area (Å²) in [6.45, 7) is 10.8. The van der Waals surface area contributed by atoms with Crippen LogP contribution in [0, 0.1) is 0 Å². The zero-order chi connectivity index (χ0) is 20.7. The van der Waals surface area contributed by atoms with Gasteiger partial charge in [0, 0.05) is 16.8 Å². The lowest BCUT2D eigenvalue weighted by molar-refractivity contribution is 0.280. The van der Waals surface area contributed by atoms with Gasteiger partial charge in [-0.3, -0.25) is 4.98 Å². The Morgan fingerprint density at radius 3 is 2.18 bits per heavy atom. The van der Waals surface area contributed by atoms with Crippen LogP contribution in [-0.4, -0.2) is 17.2 Å². The van der Waals surface area contributed by atoms with Gasteiger partial charge in [-0.1, -0.05) is 71.7 Å². The number of allylic oxidation sites excluding steroid dienone is 1. The van der Waals surface area contributed by atoms with Crippen molar-refractivity contribution in [1.29, 1.82) is 0 Å². The molecule has 2 rings (SSSR count). The first kappa shape index (κ1) is 22.2. The van der Waals surface area contributed by atoms with E-state index in [1.165, 1.54) is 12.8 Å². The second-order valence-corrected chi connectivity index (χ2v) is 7.89. The van der Waals surface area contributed by atoms with Gasteiger partial charge in [0.05, 0.1) is 19.4 Å². The van der Waals surface area contributed by atoms with Crippen molar-refractivity contribution >= 4 is 6.08 Å². The summed E-state index contributed by atoms with van der Waals surface area (Å²) in [4.78, 5) is 5.03. The van der Waals surface area contributed by atoms with E-state index in [4.69, 9.17) is 9.72 Å². The number of rotatable bonds is 9. The van der Waals surface area contributed by atoms with Crippen LogP contribution in [-0.2, 0) is 6.61 Å². The number of pyridine rings is 1. The van der Waals surface area contributed by atoms with E-state index in [1.807, 2.05) is 12.1 Å². The average molecular weight is 382 g/mol. The second-order valence-electron chi connectivity index (χ2n) is 7.89. The van der Waals surface area contributed by atoms with E-state index >= 15 is 0 Å². The summed E-state index contributed by atoms with van der Waals surface area (Å²) >= 11 is 0. The van der Waals surface area contributed by atoms with Gasteiger partial charge in [-0.05, 0) is 41.5 Å². The molecule has 2 aromatic rings. The summed E-state index contributed by atoms with van der Waals surface area (Å²) in [6, 6.07) is 8.10. The molecule has 0 saturated carbocycles. The lowest BCUT2D eigenvalue weighted by Gasteiger charge is -2.23. The van der Waals surface area contributed by atoms with Crippen molar-refractivity contribution in [3.8, 4) is 16.9 Å². The third-order valence-corrected chi connectivity index (χ3v) is 5.04. The smallest absolute Gasteiger partial charge is 0.118 e. The minimum atomic E-state index is -0.0178. The summed E-state index contributed by atoms with van der Waals surface area (Å²) in [7, 11) is 1.68. The number of unbranched alkanes of at least 4 members (excludes halogenated alkanes) is 2. The molecule has 28 heavy (non-hydrogen) atoms. The van der Waals surface area contributed by atoms with E-state index in [1.54, 1.807) is 7.11 Å². The Morgan fingerprint density at radius 2 is 1.68 bits per heavy atom. The second kappa shape index (κ2) is 10.4. The third-order valence-electron chi connectivity index (χ3n) is 5.04.